The molecule has 3 aromatic rings. The van der Waals surface area contributed by atoms with Crippen LogP contribution < -0.4 is 4.90 Å². The summed E-state index contributed by atoms with van der Waals surface area (Å²) in [7, 11) is 0. The van der Waals surface area contributed by atoms with Gasteiger partial charge in [0.25, 0.3) is 0 Å². The predicted molar refractivity (Wildman–Crippen MR) is 107 cm³/mol. The van der Waals surface area contributed by atoms with Crippen molar-refractivity contribution in [1.29, 1.82) is 0 Å². The molecule has 2 aliphatic rings. The standard InChI is InChI=1S/C22H21F3N4O/c23-22(24,25)14-28-12-16-13-29(20-6-2-4-10-30-20)27-21(16)17-8-7-15(11-19(17)28)18-5-1-3-9-26-18/h1,3,5,7-9,11,13,20H,2,4,6,10,12,14H2. The summed E-state index contributed by atoms with van der Waals surface area (Å²) in [5.41, 5.74) is 4.24. The molecule has 2 aromatic heterocycles. The lowest BCUT2D eigenvalue weighted by molar-refractivity contribution is -0.120. The average molecular weight is 414 g/mol. The van der Waals surface area contributed by atoms with E-state index in [0.717, 1.165) is 41.8 Å². The minimum Gasteiger partial charge on any atom is -0.357 e. The molecule has 2 aliphatic heterocycles. The van der Waals surface area contributed by atoms with Crippen LogP contribution in [-0.2, 0) is 11.3 Å². The van der Waals surface area contributed by atoms with Crippen molar-refractivity contribution in [3.8, 4) is 22.5 Å². The van der Waals surface area contributed by atoms with E-state index in [9.17, 15) is 13.2 Å². The lowest BCUT2D eigenvalue weighted by Gasteiger charge is -2.31. The van der Waals surface area contributed by atoms with E-state index in [0.29, 0.717) is 17.9 Å². The van der Waals surface area contributed by atoms with Crippen LogP contribution in [0.25, 0.3) is 22.5 Å². The van der Waals surface area contributed by atoms with Crippen molar-refractivity contribution < 1.29 is 17.9 Å². The Labute approximate surface area is 172 Å². The zero-order chi connectivity index (χ0) is 20.7. The Kier molecular flexibility index (Phi) is 4.73. The van der Waals surface area contributed by atoms with E-state index in [1.165, 1.54) is 4.90 Å². The third-order valence-corrected chi connectivity index (χ3v) is 5.54. The Bertz CT molecular complexity index is 1040. The Morgan fingerprint density at radius 2 is 2.03 bits per heavy atom. The van der Waals surface area contributed by atoms with Crippen molar-refractivity contribution in [2.45, 2.75) is 38.2 Å². The number of anilines is 1. The van der Waals surface area contributed by atoms with Crippen LogP contribution >= 0.6 is 0 Å². The van der Waals surface area contributed by atoms with E-state index in [-0.39, 0.29) is 12.8 Å². The van der Waals surface area contributed by atoms with Gasteiger partial charge in [0.15, 0.2) is 0 Å². The molecule has 0 amide bonds. The number of hydrogen-bond acceptors (Lipinski definition) is 4. The maximum absolute atomic E-state index is 13.3. The third kappa shape index (κ3) is 3.67. The number of nitrogens with zero attached hydrogens (tertiary/aromatic N) is 4. The van der Waals surface area contributed by atoms with Gasteiger partial charge in [-0.25, -0.2) is 4.68 Å². The van der Waals surface area contributed by atoms with Gasteiger partial charge in [-0.2, -0.15) is 18.3 Å². The number of pyridine rings is 1. The van der Waals surface area contributed by atoms with Crippen LogP contribution in [-0.4, -0.2) is 34.1 Å². The Morgan fingerprint density at radius 3 is 2.77 bits per heavy atom. The van der Waals surface area contributed by atoms with Crippen molar-refractivity contribution in [2.24, 2.45) is 0 Å². The topological polar surface area (TPSA) is 43.2 Å². The molecule has 1 fully saturated rings. The normalized spacial score (nSPS) is 18.8. The van der Waals surface area contributed by atoms with Crippen LogP contribution in [0.15, 0.2) is 48.8 Å². The SMILES string of the molecule is FC(F)(F)CN1Cc2cn(C3CCCCO3)nc2-c2ccc(-c3ccccn3)cc21. The number of hydrogen-bond donors (Lipinski definition) is 0. The molecule has 0 spiro atoms. The van der Waals surface area contributed by atoms with E-state index in [1.54, 1.807) is 16.9 Å². The van der Waals surface area contributed by atoms with Crippen LogP contribution in [0.4, 0.5) is 18.9 Å². The summed E-state index contributed by atoms with van der Waals surface area (Å²) in [4.78, 5) is 5.70. The van der Waals surface area contributed by atoms with Crippen LogP contribution in [0, 0.1) is 0 Å². The number of rotatable bonds is 3. The lowest BCUT2D eigenvalue weighted by atomic mass is 9.97. The summed E-state index contributed by atoms with van der Waals surface area (Å²) in [6.07, 6.45) is 1.99. The molecule has 5 rings (SSSR count). The first kappa shape index (κ1) is 19.1. The zero-order valence-corrected chi connectivity index (χ0v) is 16.3. The summed E-state index contributed by atoms with van der Waals surface area (Å²) < 4.78 is 47.6. The number of halogens is 3. The molecule has 0 N–H and O–H groups in total. The van der Waals surface area contributed by atoms with Gasteiger partial charge < -0.3 is 9.64 Å². The number of benzene rings is 1. The number of aromatic nitrogens is 3. The number of alkyl halides is 3. The molecule has 1 unspecified atom stereocenters. The Hall–Kier alpha value is -2.87. The van der Waals surface area contributed by atoms with E-state index in [4.69, 9.17) is 9.84 Å². The molecule has 4 heterocycles. The molecular weight excluding hydrogens is 393 g/mol. The molecule has 30 heavy (non-hydrogen) atoms. The largest absolute Gasteiger partial charge is 0.405 e. The van der Waals surface area contributed by atoms with Crippen LogP contribution in [0.5, 0.6) is 0 Å². The molecule has 1 atom stereocenters. The van der Waals surface area contributed by atoms with Gasteiger partial charge in [-0.3, -0.25) is 4.98 Å². The summed E-state index contributed by atoms with van der Waals surface area (Å²) in [6, 6.07) is 11.0. The molecule has 1 aromatic carbocycles. The quantitative estimate of drug-likeness (QED) is 0.591. The van der Waals surface area contributed by atoms with E-state index in [2.05, 4.69) is 4.98 Å². The van der Waals surface area contributed by atoms with Crippen molar-refractivity contribution in [3.05, 3.63) is 54.4 Å². The predicted octanol–water partition coefficient (Wildman–Crippen LogP) is 5.19. The molecule has 156 valence electrons. The van der Waals surface area contributed by atoms with Crippen molar-refractivity contribution in [3.63, 3.8) is 0 Å². The van der Waals surface area contributed by atoms with Gasteiger partial charge in [-0.05, 0) is 43.5 Å². The highest BCUT2D eigenvalue weighted by Gasteiger charge is 2.35. The van der Waals surface area contributed by atoms with Crippen molar-refractivity contribution >= 4 is 5.69 Å². The van der Waals surface area contributed by atoms with Crippen LogP contribution in [0.1, 0.15) is 31.1 Å². The number of ether oxygens (including phenoxy) is 1. The van der Waals surface area contributed by atoms with Crippen LogP contribution in [0.2, 0.25) is 0 Å². The summed E-state index contributed by atoms with van der Waals surface area (Å²) >= 11 is 0. The van der Waals surface area contributed by atoms with Gasteiger partial charge in [0.2, 0.25) is 0 Å². The fourth-order valence-corrected chi connectivity index (χ4v) is 4.19. The molecule has 0 saturated carbocycles. The third-order valence-electron chi connectivity index (χ3n) is 5.54. The highest BCUT2D eigenvalue weighted by atomic mass is 19.4. The highest BCUT2D eigenvalue weighted by Crippen LogP contribution is 2.42. The first-order chi connectivity index (χ1) is 14.5. The van der Waals surface area contributed by atoms with Gasteiger partial charge >= 0.3 is 6.18 Å². The first-order valence-corrected chi connectivity index (χ1v) is 10.0. The Balaban J connectivity index is 1.58. The van der Waals surface area contributed by atoms with Gasteiger partial charge in [0.05, 0.1) is 11.4 Å². The minimum atomic E-state index is -4.31. The van der Waals surface area contributed by atoms with Crippen molar-refractivity contribution in [1.82, 2.24) is 14.8 Å². The second-order valence-corrected chi connectivity index (χ2v) is 7.72. The second kappa shape index (κ2) is 7.43. The van der Waals surface area contributed by atoms with Gasteiger partial charge in [-0.15, -0.1) is 0 Å². The second-order valence-electron chi connectivity index (χ2n) is 7.72. The Morgan fingerprint density at radius 1 is 1.13 bits per heavy atom. The summed E-state index contributed by atoms with van der Waals surface area (Å²) in [5.74, 6) is 0. The molecule has 1 saturated heterocycles. The maximum atomic E-state index is 13.3. The monoisotopic (exact) mass is 414 g/mol. The smallest absolute Gasteiger partial charge is 0.357 e. The maximum Gasteiger partial charge on any atom is 0.405 e. The van der Waals surface area contributed by atoms with Crippen molar-refractivity contribution in [2.75, 3.05) is 18.1 Å². The highest BCUT2D eigenvalue weighted by molar-refractivity contribution is 5.84. The fraction of sp³-hybridized carbons (Fsp3) is 0.364. The number of fused-ring (bicyclic) bond motifs is 3. The van der Waals surface area contributed by atoms with Gasteiger partial charge in [0, 0.05) is 47.9 Å². The summed E-state index contributed by atoms with van der Waals surface area (Å²) in [6.45, 7) is -0.185. The summed E-state index contributed by atoms with van der Waals surface area (Å²) in [5, 5.41) is 4.72. The zero-order valence-electron chi connectivity index (χ0n) is 16.3. The molecular formula is C22H21F3N4O. The molecule has 0 aliphatic carbocycles. The first-order valence-electron chi connectivity index (χ1n) is 10.0. The molecule has 0 radical (unpaired) electrons. The van der Waals surface area contributed by atoms with Gasteiger partial charge in [-0.1, -0.05) is 12.1 Å². The van der Waals surface area contributed by atoms with E-state index < -0.39 is 12.7 Å². The minimum absolute atomic E-state index is 0.153. The van der Waals surface area contributed by atoms with E-state index >= 15 is 0 Å². The molecule has 5 nitrogen and oxygen atoms in total. The van der Waals surface area contributed by atoms with Crippen LogP contribution in [0.3, 0.4) is 0 Å². The van der Waals surface area contributed by atoms with E-state index in [1.807, 2.05) is 36.5 Å². The fourth-order valence-electron chi connectivity index (χ4n) is 4.19. The lowest BCUT2D eigenvalue weighted by Crippen LogP contribution is -2.35. The molecule has 8 heteroatoms. The average Bonchev–Trinajstić information content (AvgIpc) is 3.18. The molecule has 0 bridgehead atoms. The van der Waals surface area contributed by atoms with Gasteiger partial charge in [0.1, 0.15) is 12.8 Å².